The molecule has 2 rings (SSSR count). The van der Waals surface area contributed by atoms with Gasteiger partial charge in [0.05, 0.1) is 8.81 Å². The maximum Gasteiger partial charge on any atom is 0.0887 e. The highest BCUT2D eigenvalue weighted by Gasteiger charge is 2.27. The van der Waals surface area contributed by atoms with E-state index in [1.165, 1.54) is 30.6 Å². The van der Waals surface area contributed by atoms with Gasteiger partial charge in [0.25, 0.3) is 0 Å². The van der Waals surface area contributed by atoms with Crippen molar-refractivity contribution in [2.75, 3.05) is 6.54 Å². The molecule has 0 spiro atoms. The minimum atomic E-state index is 0.501. The molecule has 1 aliphatic carbocycles. The van der Waals surface area contributed by atoms with Crippen LogP contribution in [-0.2, 0) is 0 Å². The van der Waals surface area contributed by atoms with Crippen LogP contribution in [0.1, 0.15) is 43.5 Å². The van der Waals surface area contributed by atoms with Crippen LogP contribution in [0.15, 0.2) is 9.85 Å². The van der Waals surface area contributed by atoms with Gasteiger partial charge in [0.1, 0.15) is 0 Å². The standard InChI is InChI=1S/C12H17BrClNS/c1-2-5-15-10(6-8-3-4-8)11-7-9(14)12(13)16-11/h7-8,10,15H,2-6H2,1H3. The van der Waals surface area contributed by atoms with E-state index in [4.69, 9.17) is 11.6 Å². The van der Waals surface area contributed by atoms with E-state index in [0.29, 0.717) is 6.04 Å². The van der Waals surface area contributed by atoms with Crippen LogP contribution < -0.4 is 5.32 Å². The molecule has 0 saturated heterocycles. The second kappa shape index (κ2) is 5.85. The fourth-order valence-electron chi connectivity index (χ4n) is 1.84. The average molecular weight is 323 g/mol. The molecule has 1 N–H and O–H groups in total. The zero-order valence-corrected chi connectivity index (χ0v) is 12.6. The first kappa shape index (κ1) is 12.9. The number of rotatable bonds is 6. The van der Waals surface area contributed by atoms with Gasteiger partial charge in [0.15, 0.2) is 0 Å². The molecule has 16 heavy (non-hydrogen) atoms. The van der Waals surface area contributed by atoms with Gasteiger partial charge in [-0.15, -0.1) is 11.3 Å². The summed E-state index contributed by atoms with van der Waals surface area (Å²) in [5.41, 5.74) is 0. The van der Waals surface area contributed by atoms with Gasteiger partial charge in [-0.3, -0.25) is 0 Å². The van der Waals surface area contributed by atoms with Gasteiger partial charge in [0.2, 0.25) is 0 Å². The van der Waals surface area contributed by atoms with Gasteiger partial charge in [-0.2, -0.15) is 0 Å². The molecule has 0 amide bonds. The predicted molar refractivity (Wildman–Crippen MR) is 75.4 cm³/mol. The zero-order valence-electron chi connectivity index (χ0n) is 9.43. The topological polar surface area (TPSA) is 12.0 Å². The van der Waals surface area contributed by atoms with Gasteiger partial charge < -0.3 is 5.32 Å². The number of hydrogen-bond acceptors (Lipinski definition) is 2. The van der Waals surface area contributed by atoms with Crippen molar-refractivity contribution >= 4 is 38.9 Å². The van der Waals surface area contributed by atoms with Crippen LogP contribution in [0.25, 0.3) is 0 Å². The summed E-state index contributed by atoms with van der Waals surface area (Å²) < 4.78 is 1.06. The van der Waals surface area contributed by atoms with Gasteiger partial charge in [-0.1, -0.05) is 31.4 Å². The molecule has 1 heterocycles. The zero-order chi connectivity index (χ0) is 11.5. The Kier molecular flexibility index (Phi) is 4.71. The highest BCUT2D eigenvalue weighted by Crippen LogP contribution is 2.41. The van der Waals surface area contributed by atoms with Crippen LogP contribution >= 0.6 is 38.9 Å². The van der Waals surface area contributed by atoms with Crippen LogP contribution in [0.3, 0.4) is 0 Å². The fourth-order valence-corrected chi connectivity index (χ4v) is 3.68. The number of halogens is 2. The molecule has 1 saturated carbocycles. The SMILES string of the molecule is CCCNC(CC1CC1)c1cc(Cl)c(Br)s1. The smallest absolute Gasteiger partial charge is 0.0887 e. The van der Waals surface area contributed by atoms with Crippen molar-refractivity contribution in [3.8, 4) is 0 Å². The summed E-state index contributed by atoms with van der Waals surface area (Å²) in [7, 11) is 0. The quantitative estimate of drug-likeness (QED) is 0.776. The van der Waals surface area contributed by atoms with E-state index < -0.39 is 0 Å². The Bertz CT molecular complexity index is 329. The fraction of sp³-hybridized carbons (Fsp3) is 0.667. The van der Waals surface area contributed by atoms with Crippen LogP contribution in [0.5, 0.6) is 0 Å². The first-order chi connectivity index (χ1) is 7.70. The molecular formula is C12H17BrClNS. The van der Waals surface area contributed by atoms with Crippen molar-refractivity contribution in [1.82, 2.24) is 5.32 Å². The summed E-state index contributed by atoms with van der Waals surface area (Å²) in [4.78, 5) is 1.37. The Hall–Kier alpha value is 0.430. The van der Waals surface area contributed by atoms with Crippen LogP contribution in [0, 0.1) is 5.92 Å². The second-order valence-corrected chi connectivity index (χ2v) is 7.27. The van der Waals surface area contributed by atoms with E-state index in [1.54, 1.807) is 11.3 Å². The van der Waals surface area contributed by atoms with Gasteiger partial charge in [-0.25, -0.2) is 0 Å². The lowest BCUT2D eigenvalue weighted by molar-refractivity contribution is 0.480. The van der Waals surface area contributed by atoms with Crippen molar-refractivity contribution in [1.29, 1.82) is 0 Å². The van der Waals surface area contributed by atoms with E-state index in [1.807, 2.05) is 0 Å². The Morgan fingerprint density at radius 3 is 2.88 bits per heavy atom. The molecule has 1 aromatic rings. The largest absolute Gasteiger partial charge is 0.309 e. The highest BCUT2D eigenvalue weighted by atomic mass is 79.9. The molecule has 4 heteroatoms. The first-order valence-corrected chi connectivity index (χ1v) is 7.87. The summed E-state index contributed by atoms with van der Waals surface area (Å²) >= 11 is 11.4. The minimum Gasteiger partial charge on any atom is -0.309 e. The van der Waals surface area contributed by atoms with Crippen molar-refractivity contribution in [3.63, 3.8) is 0 Å². The third-order valence-corrected chi connectivity index (χ3v) is 5.50. The highest BCUT2D eigenvalue weighted by molar-refractivity contribution is 9.11. The van der Waals surface area contributed by atoms with Crippen molar-refractivity contribution in [2.45, 2.75) is 38.6 Å². The second-order valence-electron chi connectivity index (χ2n) is 4.46. The summed E-state index contributed by atoms with van der Waals surface area (Å²) in [5.74, 6) is 0.939. The molecule has 0 aromatic carbocycles. The van der Waals surface area contributed by atoms with E-state index in [0.717, 1.165) is 21.3 Å². The van der Waals surface area contributed by atoms with E-state index in [2.05, 4.69) is 34.2 Å². The van der Waals surface area contributed by atoms with Crippen LogP contribution in [0.4, 0.5) is 0 Å². The third-order valence-electron chi connectivity index (χ3n) is 2.91. The molecule has 0 aliphatic heterocycles. The molecule has 1 aliphatic rings. The first-order valence-electron chi connectivity index (χ1n) is 5.88. The Morgan fingerprint density at radius 1 is 1.62 bits per heavy atom. The molecule has 1 fully saturated rings. The number of hydrogen-bond donors (Lipinski definition) is 1. The maximum absolute atomic E-state index is 6.10. The molecule has 1 unspecified atom stereocenters. The summed E-state index contributed by atoms with van der Waals surface area (Å²) in [6.07, 6.45) is 5.26. The molecule has 1 atom stereocenters. The number of thiophene rings is 1. The monoisotopic (exact) mass is 321 g/mol. The van der Waals surface area contributed by atoms with E-state index in [9.17, 15) is 0 Å². The van der Waals surface area contributed by atoms with Crippen molar-refractivity contribution in [2.24, 2.45) is 5.92 Å². The molecule has 1 aromatic heterocycles. The Balaban J connectivity index is 2.03. The van der Waals surface area contributed by atoms with E-state index in [-0.39, 0.29) is 0 Å². The maximum atomic E-state index is 6.10. The summed E-state index contributed by atoms with van der Waals surface area (Å²) in [6.45, 7) is 3.29. The number of nitrogens with one attached hydrogen (secondary N) is 1. The third kappa shape index (κ3) is 3.46. The molecule has 0 radical (unpaired) electrons. The normalized spacial score (nSPS) is 17.7. The molecule has 0 bridgehead atoms. The summed E-state index contributed by atoms with van der Waals surface area (Å²) in [6, 6.07) is 2.60. The molecular weight excluding hydrogens is 306 g/mol. The van der Waals surface area contributed by atoms with Gasteiger partial charge >= 0.3 is 0 Å². The van der Waals surface area contributed by atoms with Gasteiger partial charge in [-0.05, 0) is 47.3 Å². The lowest BCUT2D eigenvalue weighted by Gasteiger charge is -2.16. The van der Waals surface area contributed by atoms with Crippen molar-refractivity contribution < 1.29 is 0 Å². The minimum absolute atomic E-state index is 0.501. The lowest BCUT2D eigenvalue weighted by atomic mass is 10.1. The predicted octanol–water partition coefficient (Wildman–Crippen LogP) is 5.00. The Labute approximate surface area is 115 Å². The van der Waals surface area contributed by atoms with E-state index >= 15 is 0 Å². The lowest BCUT2D eigenvalue weighted by Crippen LogP contribution is -2.21. The Morgan fingerprint density at radius 2 is 2.38 bits per heavy atom. The van der Waals surface area contributed by atoms with Gasteiger partial charge in [0, 0.05) is 10.9 Å². The molecule has 1 nitrogen and oxygen atoms in total. The van der Waals surface area contributed by atoms with Crippen LogP contribution in [0.2, 0.25) is 5.02 Å². The summed E-state index contributed by atoms with van der Waals surface area (Å²) in [5, 5.41) is 4.47. The average Bonchev–Trinajstić information content (AvgIpc) is 3.01. The van der Waals surface area contributed by atoms with Crippen molar-refractivity contribution in [3.05, 3.63) is 19.8 Å². The molecule has 90 valence electrons. The van der Waals surface area contributed by atoms with Crippen LogP contribution in [-0.4, -0.2) is 6.54 Å².